The average molecular weight is 362 g/mol. The number of nitrogens with zero attached hydrogens (tertiary/aromatic N) is 1. The number of amides is 1. The maximum absolute atomic E-state index is 12.0. The van der Waals surface area contributed by atoms with E-state index in [1.54, 1.807) is 31.4 Å². The molecule has 1 N–H and O–H groups in total. The topological polar surface area (TPSA) is 81.7 Å². The monoisotopic (exact) mass is 362 g/mol. The Bertz CT molecular complexity index is 636. The van der Waals surface area contributed by atoms with Crippen LogP contribution in [-0.4, -0.2) is 34.8 Å². The van der Waals surface area contributed by atoms with Crippen molar-refractivity contribution in [2.24, 2.45) is 0 Å². The Morgan fingerprint density at radius 2 is 2.27 bits per heavy atom. The van der Waals surface area contributed by atoms with Crippen molar-refractivity contribution in [2.75, 3.05) is 19.0 Å². The third kappa shape index (κ3) is 5.05. The second kappa shape index (κ2) is 9.01. The van der Waals surface area contributed by atoms with E-state index in [0.29, 0.717) is 10.7 Å². The second-order valence-corrected chi connectivity index (χ2v) is 5.69. The Labute approximate surface area is 179 Å². The average Bonchev–Trinajstić information content (AvgIpc) is 2.72. The number of carboxylic acid groups (broad SMARTS) is 1. The summed E-state index contributed by atoms with van der Waals surface area (Å²) in [5.41, 5.74) is 0.736. The number of carboxylic acids is 1. The van der Waals surface area contributed by atoms with Crippen molar-refractivity contribution in [3.63, 3.8) is 0 Å². The first-order chi connectivity index (χ1) is 10.0. The fourth-order valence-corrected chi connectivity index (χ4v) is 2.81. The number of aliphatic carboxylic acids is 1. The standard InChI is InChI=1S/C13H12N2O4S2.K/c1-19-9-4-2-3-8(5-9)14-6-10-12(18)15(7-11(16)17)13(20)21-10;/h2-6,14H,7H2,1H3,(H,16,17);/q;+1/p-1. The minimum absolute atomic E-state index is 0. The number of carbonyl (C=O) groups excluding carboxylic acids is 2. The van der Waals surface area contributed by atoms with Gasteiger partial charge in [0.25, 0.3) is 5.91 Å². The summed E-state index contributed by atoms with van der Waals surface area (Å²) < 4.78 is 5.29. The first-order valence-electron chi connectivity index (χ1n) is 5.85. The van der Waals surface area contributed by atoms with Gasteiger partial charge in [0.1, 0.15) is 10.1 Å². The number of benzene rings is 1. The molecule has 110 valence electrons. The first-order valence-corrected chi connectivity index (χ1v) is 7.08. The van der Waals surface area contributed by atoms with Crippen molar-refractivity contribution in [2.45, 2.75) is 0 Å². The van der Waals surface area contributed by atoms with Crippen LogP contribution >= 0.6 is 24.0 Å². The van der Waals surface area contributed by atoms with Gasteiger partial charge in [-0.1, -0.05) is 30.0 Å². The number of nitrogens with one attached hydrogen (secondary N) is 1. The fraction of sp³-hybridized carbons (Fsp3) is 0.154. The third-order valence-corrected chi connectivity index (χ3v) is 3.98. The molecule has 0 spiro atoms. The Balaban J connectivity index is 0.00000242. The molecule has 22 heavy (non-hydrogen) atoms. The number of hydrogen-bond donors (Lipinski definition) is 1. The molecular weight excluding hydrogens is 351 g/mol. The molecule has 1 aromatic carbocycles. The summed E-state index contributed by atoms with van der Waals surface area (Å²) in [7, 11) is 1.56. The maximum Gasteiger partial charge on any atom is 1.00 e. The van der Waals surface area contributed by atoms with Crippen LogP contribution in [0.5, 0.6) is 5.75 Å². The molecule has 0 saturated carbocycles. The molecule has 1 amide bonds. The van der Waals surface area contributed by atoms with Crippen LogP contribution in [0.3, 0.4) is 0 Å². The number of hydrogen-bond acceptors (Lipinski definition) is 7. The summed E-state index contributed by atoms with van der Waals surface area (Å²) in [5, 5.41) is 13.5. The van der Waals surface area contributed by atoms with E-state index in [2.05, 4.69) is 5.32 Å². The molecule has 0 bridgehead atoms. The molecule has 1 aliphatic rings. The first kappa shape index (κ1) is 19.6. The molecule has 1 heterocycles. The number of rotatable bonds is 5. The molecule has 0 aromatic heterocycles. The molecule has 1 fully saturated rings. The number of anilines is 1. The molecule has 0 aliphatic carbocycles. The van der Waals surface area contributed by atoms with Crippen LogP contribution in [0, 0.1) is 0 Å². The van der Waals surface area contributed by atoms with Crippen LogP contribution in [0.25, 0.3) is 0 Å². The summed E-state index contributed by atoms with van der Waals surface area (Å²) in [6, 6.07) is 7.17. The smallest absolute Gasteiger partial charge is 0.548 e. The third-order valence-electron chi connectivity index (χ3n) is 2.60. The summed E-state index contributed by atoms with van der Waals surface area (Å²) in [6.07, 6.45) is 1.49. The van der Waals surface area contributed by atoms with E-state index in [9.17, 15) is 14.7 Å². The fourth-order valence-electron chi connectivity index (χ4n) is 1.63. The van der Waals surface area contributed by atoms with Gasteiger partial charge in [0, 0.05) is 18.0 Å². The van der Waals surface area contributed by atoms with Crippen LogP contribution in [0.15, 0.2) is 35.4 Å². The van der Waals surface area contributed by atoms with Gasteiger partial charge in [0.2, 0.25) is 0 Å². The van der Waals surface area contributed by atoms with Gasteiger partial charge in [0.05, 0.1) is 24.5 Å². The van der Waals surface area contributed by atoms with Crippen molar-refractivity contribution in [1.82, 2.24) is 4.90 Å². The summed E-state index contributed by atoms with van der Waals surface area (Å²) >= 11 is 6.01. The number of thiocarbonyl (C=S) groups is 1. The zero-order chi connectivity index (χ0) is 15.4. The summed E-state index contributed by atoms with van der Waals surface area (Å²) in [6.45, 7) is -0.541. The van der Waals surface area contributed by atoms with Gasteiger partial charge in [-0.05, 0) is 12.1 Å². The predicted octanol–water partition coefficient (Wildman–Crippen LogP) is -2.44. The molecule has 0 atom stereocenters. The van der Waals surface area contributed by atoms with Gasteiger partial charge < -0.3 is 20.0 Å². The van der Waals surface area contributed by atoms with E-state index in [1.165, 1.54) is 6.20 Å². The van der Waals surface area contributed by atoms with Crippen LogP contribution in [-0.2, 0) is 9.59 Å². The maximum atomic E-state index is 12.0. The van der Waals surface area contributed by atoms with Gasteiger partial charge >= 0.3 is 51.4 Å². The summed E-state index contributed by atoms with van der Waals surface area (Å²) in [5.74, 6) is -1.13. The second-order valence-electron chi connectivity index (χ2n) is 4.02. The van der Waals surface area contributed by atoms with Crippen LogP contribution in [0.1, 0.15) is 0 Å². The normalized spacial score (nSPS) is 15.7. The SMILES string of the molecule is COc1cccc(NC=C2SC(=S)N(CC(=O)[O-])C2=O)c1.[K+]. The van der Waals surface area contributed by atoms with E-state index in [1.807, 2.05) is 0 Å². The Hall–Kier alpha value is -0.424. The number of methoxy groups -OCH3 is 1. The van der Waals surface area contributed by atoms with E-state index < -0.39 is 18.4 Å². The van der Waals surface area contributed by atoms with Gasteiger partial charge in [-0.2, -0.15) is 0 Å². The molecule has 0 unspecified atom stereocenters. The van der Waals surface area contributed by atoms with Crippen molar-refractivity contribution in [3.8, 4) is 5.75 Å². The van der Waals surface area contributed by atoms with Gasteiger partial charge in [-0.15, -0.1) is 0 Å². The quantitative estimate of drug-likeness (QED) is 0.354. The van der Waals surface area contributed by atoms with Crippen molar-refractivity contribution >= 4 is 45.9 Å². The summed E-state index contributed by atoms with van der Waals surface area (Å²) in [4.78, 5) is 23.9. The molecule has 6 nitrogen and oxygen atoms in total. The zero-order valence-corrected chi connectivity index (χ0v) is 16.7. The Kier molecular flexibility index (Phi) is 8.04. The van der Waals surface area contributed by atoms with Crippen molar-refractivity contribution < 1.29 is 70.8 Å². The van der Waals surface area contributed by atoms with Crippen LogP contribution in [0.2, 0.25) is 0 Å². The number of ether oxygens (including phenoxy) is 1. The van der Waals surface area contributed by atoms with Gasteiger partial charge in [0.15, 0.2) is 0 Å². The van der Waals surface area contributed by atoms with Crippen LogP contribution in [0.4, 0.5) is 5.69 Å². The van der Waals surface area contributed by atoms with Gasteiger partial charge in [-0.3, -0.25) is 9.69 Å². The van der Waals surface area contributed by atoms with E-state index in [0.717, 1.165) is 22.3 Å². The molecule has 0 radical (unpaired) electrons. The minimum Gasteiger partial charge on any atom is -0.548 e. The predicted molar refractivity (Wildman–Crippen MR) is 81.6 cm³/mol. The van der Waals surface area contributed by atoms with E-state index in [4.69, 9.17) is 17.0 Å². The Morgan fingerprint density at radius 1 is 1.55 bits per heavy atom. The molecule has 1 aliphatic heterocycles. The van der Waals surface area contributed by atoms with Crippen molar-refractivity contribution in [3.05, 3.63) is 35.4 Å². The zero-order valence-electron chi connectivity index (χ0n) is 12.0. The molecular formula is C13H11KN2O4S2. The molecule has 9 heteroatoms. The molecule has 1 aromatic rings. The number of carbonyl (C=O) groups is 2. The number of thioether (sulfide) groups is 1. The van der Waals surface area contributed by atoms with E-state index in [-0.39, 0.29) is 55.7 Å². The Morgan fingerprint density at radius 3 is 2.91 bits per heavy atom. The van der Waals surface area contributed by atoms with E-state index >= 15 is 0 Å². The van der Waals surface area contributed by atoms with Crippen molar-refractivity contribution in [1.29, 1.82) is 0 Å². The molecule has 1 saturated heterocycles. The minimum atomic E-state index is -1.35. The van der Waals surface area contributed by atoms with Crippen LogP contribution < -0.4 is 66.5 Å². The largest absolute Gasteiger partial charge is 1.00 e. The van der Waals surface area contributed by atoms with Gasteiger partial charge in [-0.25, -0.2) is 0 Å². The molecule has 2 rings (SSSR count).